The van der Waals surface area contributed by atoms with Crippen LogP contribution >= 0.6 is 11.6 Å². The smallest absolute Gasteiger partial charge is 0.410 e. The zero-order valence-corrected chi connectivity index (χ0v) is 8.30. The molecule has 0 aliphatic heterocycles. The van der Waals surface area contributed by atoms with Gasteiger partial charge in [0.05, 0.1) is 0 Å². The van der Waals surface area contributed by atoms with Gasteiger partial charge in [0.2, 0.25) is 0 Å². The average Bonchev–Trinajstić information content (AvgIpc) is 1.96. The summed E-state index contributed by atoms with van der Waals surface area (Å²) in [6.45, 7) is 0. The maximum absolute atomic E-state index is 11.9. The molecule has 1 rings (SSSR count). The minimum absolute atomic E-state index is 0.0852. The van der Waals surface area contributed by atoms with E-state index in [4.69, 9.17) is 11.6 Å². The number of nitrogens with two attached hydrogens (primary N) is 1. The summed E-state index contributed by atoms with van der Waals surface area (Å²) in [5, 5.41) is -0.0852. The van der Waals surface area contributed by atoms with Crippen LogP contribution in [0.15, 0.2) is 18.2 Å². The van der Waals surface area contributed by atoms with Crippen molar-refractivity contribution in [2.24, 2.45) is 5.73 Å². The molecule has 0 atom stereocenters. The molecule has 0 unspecified atom stereocenters. The van der Waals surface area contributed by atoms with Crippen LogP contribution in [0.3, 0.4) is 0 Å². The second-order valence-electron chi connectivity index (χ2n) is 2.59. The minimum atomic E-state index is -4.85. The molecule has 0 radical (unpaired) electrons. The Morgan fingerprint density at radius 1 is 1.25 bits per heavy atom. The van der Waals surface area contributed by atoms with Crippen LogP contribution in [-0.2, 0) is 0 Å². The maximum Gasteiger partial charge on any atom is 0.573 e. The van der Waals surface area contributed by atoms with Gasteiger partial charge in [-0.2, -0.15) is 0 Å². The van der Waals surface area contributed by atoms with Crippen LogP contribution in [0.5, 0.6) is 11.5 Å². The van der Waals surface area contributed by atoms with E-state index in [2.05, 4.69) is 15.2 Å². The summed E-state index contributed by atoms with van der Waals surface area (Å²) in [6.07, 6.45) is -6.02. The van der Waals surface area contributed by atoms with Crippen molar-refractivity contribution >= 4 is 17.7 Å². The first-order valence-electron chi connectivity index (χ1n) is 3.80. The summed E-state index contributed by atoms with van der Waals surface area (Å²) >= 11 is 5.48. The fraction of sp³-hybridized carbons (Fsp3) is 0.125. The molecule has 8 heteroatoms. The number of amides is 1. The monoisotopic (exact) mass is 255 g/mol. The van der Waals surface area contributed by atoms with E-state index in [9.17, 15) is 18.0 Å². The highest BCUT2D eigenvalue weighted by molar-refractivity contribution is 6.30. The molecule has 0 spiro atoms. The Balaban J connectivity index is 2.94. The van der Waals surface area contributed by atoms with Crippen LogP contribution in [-0.4, -0.2) is 12.5 Å². The van der Waals surface area contributed by atoms with E-state index in [-0.39, 0.29) is 10.8 Å². The predicted molar refractivity (Wildman–Crippen MR) is 48.3 cm³/mol. The second kappa shape index (κ2) is 4.48. The molecule has 2 N–H and O–H groups in total. The number of carbonyl (C=O) groups is 1. The van der Waals surface area contributed by atoms with Crippen molar-refractivity contribution < 1.29 is 27.4 Å². The summed E-state index contributed by atoms with van der Waals surface area (Å²) in [4.78, 5) is 10.4. The van der Waals surface area contributed by atoms with Crippen molar-refractivity contribution in [1.82, 2.24) is 0 Å². The normalized spacial score (nSPS) is 11.0. The van der Waals surface area contributed by atoms with Gasteiger partial charge in [0, 0.05) is 11.1 Å². The van der Waals surface area contributed by atoms with E-state index >= 15 is 0 Å². The molecular formula is C8H5ClF3NO3. The zero-order valence-electron chi connectivity index (χ0n) is 7.55. The molecule has 1 aromatic rings. The van der Waals surface area contributed by atoms with Crippen molar-refractivity contribution in [2.45, 2.75) is 6.36 Å². The number of rotatable bonds is 2. The van der Waals surface area contributed by atoms with E-state index < -0.39 is 18.2 Å². The molecular weight excluding hydrogens is 251 g/mol. The number of hydrogen-bond acceptors (Lipinski definition) is 3. The first-order valence-corrected chi connectivity index (χ1v) is 4.18. The second-order valence-corrected chi connectivity index (χ2v) is 3.03. The van der Waals surface area contributed by atoms with Crippen LogP contribution in [0, 0.1) is 0 Å². The van der Waals surface area contributed by atoms with E-state index in [0.29, 0.717) is 0 Å². The first-order chi connectivity index (χ1) is 7.26. The first kappa shape index (κ1) is 12.4. The van der Waals surface area contributed by atoms with Gasteiger partial charge in [-0.15, -0.1) is 13.2 Å². The molecule has 1 aromatic carbocycles. The quantitative estimate of drug-likeness (QED) is 0.884. The van der Waals surface area contributed by atoms with Gasteiger partial charge in [-0.1, -0.05) is 11.6 Å². The lowest BCUT2D eigenvalue weighted by Gasteiger charge is -2.10. The average molecular weight is 256 g/mol. The molecule has 0 saturated heterocycles. The Labute approximate surface area is 92.7 Å². The van der Waals surface area contributed by atoms with Gasteiger partial charge in [0.15, 0.2) is 0 Å². The van der Waals surface area contributed by atoms with Crippen molar-refractivity contribution in [2.75, 3.05) is 0 Å². The van der Waals surface area contributed by atoms with Crippen LogP contribution < -0.4 is 15.2 Å². The summed E-state index contributed by atoms with van der Waals surface area (Å²) in [6, 6.07) is 2.88. The number of primary amides is 1. The molecule has 0 aliphatic rings. The standard InChI is InChI=1S/C8H5ClF3NO3/c9-4-1-5(15-7(13)14)3-6(2-4)16-8(10,11)12/h1-3H,(H2,13,14). The Bertz CT molecular complexity index is 408. The molecule has 88 valence electrons. The van der Waals surface area contributed by atoms with Crippen LogP contribution in [0.4, 0.5) is 18.0 Å². The van der Waals surface area contributed by atoms with Gasteiger partial charge in [-0.25, -0.2) is 4.79 Å². The third-order valence-corrected chi connectivity index (χ3v) is 1.52. The molecule has 0 aliphatic carbocycles. The largest absolute Gasteiger partial charge is 0.573 e. The minimum Gasteiger partial charge on any atom is -0.410 e. The van der Waals surface area contributed by atoms with Crippen LogP contribution in [0.25, 0.3) is 0 Å². The van der Waals surface area contributed by atoms with Crippen LogP contribution in [0.1, 0.15) is 0 Å². The van der Waals surface area contributed by atoms with Gasteiger partial charge in [-0.05, 0) is 12.1 Å². The SMILES string of the molecule is NC(=O)Oc1cc(Cl)cc(OC(F)(F)F)c1. The number of carbonyl (C=O) groups excluding carboxylic acids is 1. The third-order valence-electron chi connectivity index (χ3n) is 1.30. The fourth-order valence-corrected chi connectivity index (χ4v) is 1.12. The van der Waals surface area contributed by atoms with Crippen molar-refractivity contribution in [3.63, 3.8) is 0 Å². The maximum atomic E-state index is 11.9. The summed E-state index contributed by atoms with van der Waals surface area (Å²) < 4.78 is 43.6. The van der Waals surface area contributed by atoms with Gasteiger partial charge in [-0.3, -0.25) is 0 Å². The topological polar surface area (TPSA) is 61.6 Å². The predicted octanol–water partition coefficient (Wildman–Crippen LogP) is 2.70. The number of benzene rings is 1. The lowest BCUT2D eigenvalue weighted by Crippen LogP contribution is -2.18. The van der Waals surface area contributed by atoms with Gasteiger partial charge in [0.25, 0.3) is 0 Å². The molecule has 0 aromatic heterocycles. The van der Waals surface area contributed by atoms with Crippen molar-refractivity contribution in [1.29, 1.82) is 0 Å². The molecule has 16 heavy (non-hydrogen) atoms. The Morgan fingerprint density at radius 2 is 1.81 bits per heavy atom. The Hall–Kier alpha value is -1.63. The number of hydrogen-bond donors (Lipinski definition) is 1. The van der Waals surface area contributed by atoms with E-state index in [1.54, 1.807) is 0 Å². The summed E-state index contributed by atoms with van der Waals surface area (Å²) in [7, 11) is 0. The van der Waals surface area contributed by atoms with Crippen molar-refractivity contribution in [3.8, 4) is 11.5 Å². The molecule has 0 saturated carbocycles. The third kappa shape index (κ3) is 4.26. The number of alkyl halides is 3. The highest BCUT2D eigenvalue weighted by Gasteiger charge is 2.31. The molecule has 0 heterocycles. The van der Waals surface area contributed by atoms with Gasteiger partial charge < -0.3 is 15.2 Å². The zero-order chi connectivity index (χ0) is 12.3. The van der Waals surface area contributed by atoms with E-state index in [0.717, 1.165) is 18.2 Å². The summed E-state index contributed by atoms with van der Waals surface area (Å²) in [5.41, 5.74) is 4.68. The number of ether oxygens (including phenoxy) is 2. The summed E-state index contributed by atoms with van der Waals surface area (Å²) in [5.74, 6) is -0.837. The fourth-order valence-electron chi connectivity index (χ4n) is 0.905. The molecule has 4 nitrogen and oxygen atoms in total. The number of halogens is 4. The lowest BCUT2D eigenvalue weighted by molar-refractivity contribution is -0.274. The molecule has 0 fully saturated rings. The van der Waals surface area contributed by atoms with Crippen molar-refractivity contribution in [3.05, 3.63) is 23.2 Å². The van der Waals surface area contributed by atoms with E-state index in [1.165, 1.54) is 0 Å². The molecule has 0 bridgehead atoms. The lowest BCUT2D eigenvalue weighted by atomic mass is 10.3. The van der Waals surface area contributed by atoms with E-state index in [1.807, 2.05) is 0 Å². The van der Waals surface area contributed by atoms with Gasteiger partial charge >= 0.3 is 12.5 Å². The Kier molecular flexibility index (Phi) is 3.48. The van der Waals surface area contributed by atoms with Gasteiger partial charge in [0.1, 0.15) is 11.5 Å². The molecule has 1 amide bonds. The Morgan fingerprint density at radius 3 is 2.31 bits per heavy atom. The van der Waals surface area contributed by atoms with Crippen LogP contribution in [0.2, 0.25) is 5.02 Å². The highest BCUT2D eigenvalue weighted by atomic mass is 35.5. The highest BCUT2D eigenvalue weighted by Crippen LogP contribution is 2.30.